The van der Waals surface area contributed by atoms with Gasteiger partial charge in [0.2, 0.25) is 0 Å². The van der Waals surface area contributed by atoms with Crippen molar-refractivity contribution in [3.8, 4) is 0 Å². The Kier molecular flexibility index (Phi) is 4.84. The third-order valence-corrected chi connectivity index (χ3v) is 4.40. The van der Waals surface area contributed by atoms with E-state index in [9.17, 15) is 4.79 Å². The van der Waals surface area contributed by atoms with Gasteiger partial charge < -0.3 is 10.2 Å². The monoisotopic (exact) mass is 323 g/mol. The topological polar surface area (TPSA) is 45.2 Å². The van der Waals surface area contributed by atoms with Crippen LogP contribution in [0.1, 0.15) is 48.8 Å². The molecule has 1 saturated carbocycles. The lowest BCUT2D eigenvalue weighted by atomic mass is 10.0. The van der Waals surface area contributed by atoms with E-state index in [4.69, 9.17) is 0 Å². The lowest BCUT2D eigenvalue weighted by Crippen LogP contribution is -2.33. The number of carbonyl (C=O) groups excluding carboxylic acids is 1. The highest BCUT2D eigenvalue weighted by Crippen LogP contribution is 2.44. The molecule has 1 amide bonds. The SMILES string of the molecule is CC(C)Nc1ccccc1C(=O)N(C)[C@H](c1ccccn1)C1CC1. The molecule has 1 N–H and O–H groups in total. The Morgan fingerprint density at radius 3 is 2.50 bits per heavy atom. The molecule has 0 saturated heterocycles. The van der Waals surface area contributed by atoms with Gasteiger partial charge in [-0.1, -0.05) is 18.2 Å². The maximum atomic E-state index is 13.2. The van der Waals surface area contributed by atoms with Crippen molar-refractivity contribution in [1.82, 2.24) is 9.88 Å². The number of rotatable bonds is 6. The number of aromatic nitrogens is 1. The summed E-state index contributed by atoms with van der Waals surface area (Å²) >= 11 is 0. The van der Waals surface area contributed by atoms with Crippen molar-refractivity contribution in [3.63, 3.8) is 0 Å². The Bertz CT molecular complexity index is 695. The second-order valence-corrected chi connectivity index (χ2v) is 6.80. The van der Waals surface area contributed by atoms with Gasteiger partial charge in [-0.25, -0.2) is 0 Å². The Hall–Kier alpha value is -2.36. The molecule has 4 nitrogen and oxygen atoms in total. The minimum Gasteiger partial charge on any atom is -0.382 e. The number of hydrogen-bond donors (Lipinski definition) is 1. The third kappa shape index (κ3) is 3.58. The zero-order valence-corrected chi connectivity index (χ0v) is 14.6. The van der Waals surface area contributed by atoms with Gasteiger partial charge in [0.25, 0.3) is 5.91 Å². The molecule has 1 aromatic heterocycles. The maximum absolute atomic E-state index is 13.2. The summed E-state index contributed by atoms with van der Waals surface area (Å²) in [6, 6.07) is 14.0. The molecule has 3 rings (SSSR count). The summed E-state index contributed by atoms with van der Waals surface area (Å²) in [6.07, 6.45) is 4.12. The molecule has 0 aliphatic heterocycles. The first-order valence-electron chi connectivity index (χ1n) is 8.61. The van der Waals surface area contributed by atoms with Crippen molar-refractivity contribution < 1.29 is 4.79 Å². The van der Waals surface area contributed by atoms with E-state index in [0.717, 1.165) is 29.8 Å². The van der Waals surface area contributed by atoms with E-state index in [0.29, 0.717) is 5.92 Å². The van der Waals surface area contributed by atoms with E-state index < -0.39 is 0 Å². The van der Waals surface area contributed by atoms with Gasteiger partial charge in [-0.05, 0) is 56.9 Å². The standard InChI is InChI=1S/C20H25N3O/c1-14(2)22-17-9-5-4-8-16(17)20(24)23(3)19(15-11-12-15)18-10-6-7-13-21-18/h4-10,13-15,19,22H,11-12H2,1-3H3/t19-/m0/s1. The molecule has 1 fully saturated rings. The molecule has 0 bridgehead atoms. The number of carbonyl (C=O) groups is 1. The summed E-state index contributed by atoms with van der Waals surface area (Å²) in [5.41, 5.74) is 2.58. The molecule has 0 radical (unpaired) electrons. The number of para-hydroxylation sites is 1. The lowest BCUT2D eigenvalue weighted by molar-refractivity contribution is 0.0708. The molecule has 1 heterocycles. The van der Waals surface area contributed by atoms with Crippen LogP contribution in [0.4, 0.5) is 5.69 Å². The third-order valence-electron chi connectivity index (χ3n) is 4.40. The van der Waals surface area contributed by atoms with E-state index in [-0.39, 0.29) is 18.0 Å². The van der Waals surface area contributed by atoms with Gasteiger partial charge in [0.1, 0.15) is 0 Å². The van der Waals surface area contributed by atoms with E-state index >= 15 is 0 Å². The average Bonchev–Trinajstić information content (AvgIpc) is 3.40. The highest BCUT2D eigenvalue weighted by Gasteiger charge is 2.38. The van der Waals surface area contributed by atoms with Crippen LogP contribution in [0.2, 0.25) is 0 Å². The minimum absolute atomic E-state index is 0.0429. The van der Waals surface area contributed by atoms with Crippen LogP contribution in [0.5, 0.6) is 0 Å². The van der Waals surface area contributed by atoms with E-state index in [1.807, 2.05) is 54.4 Å². The molecule has 0 unspecified atom stereocenters. The fraction of sp³-hybridized carbons (Fsp3) is 0.400. The smallest absolute Gasteiger partial charge is 0.256 e. The van der Waals surface area contributed by atoms with E-state index in [1.54, 1.807) is 6.20 Å². The molecule has 126 valence electrons. The number of benzene rings is 1. The predicted octanol–water partition coefficient (Wildman–Crippen LogP) is 4.13. The van der Waals surface area contributed by atoms with Crippen LogP contribution < -0.4 is 5.32 Å². The first-order valence-corrected chi connectivity index (χ1v) is 8.61. The number of amides is 1. The Morgan fingerprint density at radius 2 is 1.88 bits per heavy atom. The maximum Gasteiger partial charge on any atom is 0.256 e. The molecular weight excluding hydrogens is 298 g/mol. The lowest BCUT2D eigenvalue weighted by Gasteiger charge is -2.29. The first-order chi connectivity index (χ1) is 11.6. The molecule has 24 heavy (non-hydrogen) atoms. The summed E-state index contributed by atoms with van der Waals surface area (Å²) in [5, 5.41) is 3.37. The first kappa shape index (κ1) is 16.5. The van der Waals surface area contributed by atoms with Crippen molar-refractivity contribution in [2.75, 3.05) is 12.4 Å². The van der Waals surface area contributed by atoms with Gasteiger partial charge in [0, 0.05) is 25.0 Å². The summed E-state index contributed by atoms with van der Waals surface area (Å²) in [6.45, 7) is 4.15. The average molecular weight is 323 g/mol. The second kappa shape index (κ2) is 7.04. The molecule has 4 heteroatoms. The fourth-order valence-corrected chi connectivity index (χ4v) is 3.14. The van der Waals surface area contributed by atoms with Gasteiger partial charge in [0.05, 0.1) is 17.3 Å². The highest BCUT2D eigenvalue weighted by molar-refractivity contribution is 5.99. The molecule has 1 aliphatic carbocycles. The fourth-order valence-electron chi connectivity index (χ4n) is 3.14. The van der Waals surface area contributed by atoms with Gasteiger partial charge in [0.15, 0.2) is 0 Å². The number of pyridine rings is 1. The molecule has 1 atom stereocenters. The minimum atomic E-state index is 0.0429. The number of anilines is 1. The van der Waals surface area contributed by atoms with Crippen molar-refractivity contribution in [3.05, 3.63) is 59.9 Å². The van der Waals surface area contributed by atoms with Crippen LogP contribution in [0.25, 0.3) is 0 Å². The van der Waals surface area contributed by atoms with Gasteiger partial charge in [-0.2, -0.15) is 0 Å². The molecule has 0 spiro atoms. The largest absolute Gasteiger partial charge is 0.382 e. The molecular formula is C20H25N3O. The van der Waals surface area contributed by atoms with Gasteiger partial charge in [-0.3, -0.25) is 9.78 Å². The number of nitrogens with zero attached hydrogens (tertiary/aromatic N) is 2. The zero-order valence-electron chi connectivity index (χ0n) is 14.6. The second-order valence-electron chi connectivity index (χ2n) is 6.80. The highest BCUT2D eigenvalue weighted by atomic mass is 16.2. The van der Waals surface area contributed by atoms with Crippen LogP contribution in [0, 0.1) is 5.92 Å². The summed E-state index contributed by atoms with van der Waals surface area (Å²) in [5.74, 6) is 0.556. The van der Waals surface area contributed by atoms with Crippen LogP contribution in [-0.2, 0) is 0 Å². The summed E-state index contributed by atoms with van der Waals surface area (Å²) in [4.78, 5) is 19.5. The van der Waals surface area contributed by atoms with E-state index in [1.165, 1.54) is 0 Å². The molecule has 1 aliphatic rings. The summed E-state index contributed by atoms with van der Waals surface area (Å²) < 4.78 is 0. The Labute approximate surface area is 143 Å². The van der Waals surface area contributed by atoms with Crippen LogP contribution in [0.3, 0.4) is 0 Å². The Balaban J connectivity index is 1.89. The number of hydrogen-bond acceptors (Lipinski definition) is 3. The van der Waals surface area contributed by atoms with Crippen LogP contribution in [-0.4, -0.2) is 28.9 Å². The van der Waals surface area contributed by atoms with Crippen LogP contribution in [0.15, 0.2) is 48.7 Å². The molecule has 2 aromatic rings. The van der Waals surface area contributed by atoms with Gasteiger partial charge >= 0.3 is 0 Å². The predicted molar refractivity (Wildman–Crippen MR) is 97.0 cm³/mol. The van der Waals surface area contributed by atoms with Gasteiger partial charge in [-0.15, -0.1) is 0 Å². The van der Waals surface area contributed by atoms with Crippen molar-refractivity contribution in [1.29, 1.82) is 0 Å². The van der Waals surface area contributed by atoms with E-state index in [2.05, 4.69) is 24.1 Å². The van der Waals surface area contributed by atoms with Crippen molar-refractivity contribution in [2.24, 2.45) is 5.92 Å². The van der Waals surface area contributed by atoms with Crippen molar-refractivity contribution >= 4 is 11.6 Å². The molecule has 1 aromatic carbocycles. The number of nitrogens with one attached hydrogen (secondary N) is 1. The van der Waals surface area contributed by atoms with Crippen LogP contribution >= 0.6 is 0 Å². The van der Waals surface area contributed by atoms with Crippen molar-refractivity contribution in [2.45, 2.75) is 38.8 Å². The normalized spacial score (nSPS) is 15.2. The zero-order chi connectivity index (χ0) is 17.1. The Morgan fingerprint density at radius 1 is 1.17 bits per heavy atom. The summed E-state index contributed by atoms with van der Waals surface area (Å²) in [7, 11) is 1.89. The quantitative estimate of drug-likeness (QED) is 0.869.